The van der Waals surface area contributed by atoms with Gasteiger partial charge in [-0.05, 0) is 39.8 Å². The second-order valence-corrected chi connectivity index (χ2v) is 6.53. The number of rotatable bonds is 0. The molecule has 2 aromatic rings. The monoisotopic (exact) mass is 255 g/mol. The van der Waals surface area contributed by atoms with Crippen molar-refractivity contribution in [3.8, 4) is 11.4 Å². The minimum Gasteiger partial charge on any atom is -0.322 e. The Bertz CT molecular complexity index is 663. The van der Waals surface area contributed by atoms with Crippen molar-refractivity contribution in [2.45, 2.75) is 52.5 Å². The third-order valence-corrected chi connectivity index (χ3v) is 5.07. The lowest BCUT2D eigenvalue weighted by molar-refractivity contribution is 0.187. The van der Waals surface area contributed by atoms with Gasteiger partial charge in [-0.2, -0.15) is 0 Å². The summed E-state index contributed by atoms with van der Waals surface area (Å²) in [6.07, 6.45) is 1.88. The predicted molar refractivity (Wildman–Crippen MR) is 77.3 cm³/mol. The first-order valence-corrected chi connectivity index (χ1v) is 6.81. The molecule has 3 nitrogen and oxygen atoms in total. The lowest BCUT2D eigenvalue weighted by Gasteiger charge is -2.47. The highest BCUT2D eigenvalue weighted by molar-refractivity contribution is 5.65. The van der Waals surface area contributed by atoms with E-state index in [0.717, 1.165) is 17.2 Å². The summed E-state index contributed by atoms with van der Waals surface area (Å²) >= 11 is 0. The van der Waals surface area contributed by atoms with E-state index in [-0.39, 0.29) is 11.0 Å². The van der Waals surface area contributed by atoms with Gasteiger partial charge in [0.1, 0.15) is 5.82 Å². The van der Waals surface area contributed by atoms with E-state index in [9.17, 15) is 0 Å². The third-order valence-electron chi connectivity index (χ3n) is 5.07. The van der Waals surface area contributed by atoms with E-state index in [1.54, 1.807) is 0 Å². The van der Waals surface area contributed by atoms with Crippen molar-refractivity contribution in [3.63, 3.8) is 0 Å². The number of nitrogens with zero attached hydrogens (tertiary/aromatic N) is 3. The molecule has 0 unspecified atom stereocenters. The highest BCUT2D eigenvalue weighted by Gasteiger charge is 2.48. The van der Waals surface area contributed by atoms with Crippen molar-refractivity contribution in [1.82, 2.24) is 14.5 Å². The van der Waals surface area contributed by atoms with Gasteiger partial charge in [0, 0.05) is 22.9 Å². The quantitative estimate of drug-likeness (QED) is 0.720. The fourth-order valence-corrected chi connectivity index (χ4v) is 3.13. The minimum atomic E-state index is -0.0466. The molecule has 0 amide bonds. The number of hydrogen-bond donors (Lipinski definition) is 0. The Kier molecular flexibility index (Phi) is 2.26. The molecule has 0 aliphatic carbocycles. The van der Waals surface area contributed by atoms with E-state index in [1.807, 2.05) is 12.3 Å². The van der Waals surface area contributed by atoms with Crippen molar-refractivity contribution in [3.05, 3.63) is 35.4 Å². The molecule has 0 saturated heterocycles. The van der Waals surface area contributed by atoms with E-state index in [1.165, 1.54) is 11.3 Å². The van der Waals surface area contributed by atoms with Crippen molar-refractivity contribution in [2.75, 3.05) is 0 Å². The summed E-state index contributed by atoms with van der Waals surface area (Å²) in [4.78, 5) is 9.43. The fourth-order valence-electron chi connectivity index (χ4n) is 3.13. The van der Waals surface area contributed by atoms with Crippen LogP contribution in [-0.2, 0) is 11.0 Å². The van der Waals surface area contributed by atoms with Crippen LogP contribution >= 0.6 is 0 Å². The number of aryl methyl sites for hydroxylation is 1. The topological polar surface area (TPSA) is 30.7 Å². The highest BCUT2D eigenvalue weighted by Crippen LogP contribution is 2.49. The molecule has 3 rings (SSSR count). The first-order valence-electron chi connectivity index (χ1n) is 6.81. The van der Waals surface area contributed by atoms with Crippen LogP contribution in [0.2, 0.25) is 0 Å². The molecule has 2 aromatic heterocycles. The maximum absolute atomic E-state index is 4.78. The van der Waals surface area contributed by atoms with Crippen LogP contribution in [0.25, 0.3) is 11.4 Å². The van der Waals surface area contributed by atoms with Gasteiger partial charge >= 0.3 is 0 Å². The lowest BCUT2D eigenvalue weighted by atomic mass is 9.68. The van der Waals surface area contributed by atoms with Crippen molar-refractivity contribution < 1.29 is 0 Å². The van der Waals surface area contributed by atoms with Gasteiger partial charge in [0.15, 0.2) is 0 Å². The van der Waals surface area contributed by atoms with Crippen LogP contribution in [-0.4, -0.2) is 14.5 Å². The molecule has 0 bridgehead atoms. The summed E-state index contributed by atoms with van der Waals surface area (Å²) in [5.41, 5.74) is 4.60. The Morgan fingerprint density at radius 3 is 2.47 bits per heavy atom. The fraction of sp³-hybridized carbons (Fsp3) is 0.500. The molecule has 0 radical (unpaired) electrons. The molecular formula is C16H21N3. The van der Waals surface area contributed by atoms with Gasteiger partial charge in [-0.3, -0.25) is 4.98 Å². The molecule has 100 valence electrons. The summed E-state index contributed by atoms with van der Waals surface area (Å²) < 4.78 is 2.38. The van der Waals surface area contributed by atoms with Crippen LogP contribution in [0.4, 0.5) is 0 Å². The normalized spacial score (nSPS) is 18.8. The maximum Gasteiger partial charge on any atom is 0.142 e. The molecule has 1 aliphatic heterocycles. The Hall–Kier alpha value is -1.64. The van der Waals surface area contributed by atoms with Gasteiger partial charge in [-0.1, -0.05) is 13.8 Å². The summed E-state index contributed by atoms with van der Waals surface area (Å²) in [5.74, 6) is 1.06. The van der Waals surface area contributed by atoms with Gasteiger partial charge < -0.3 is 4.57 Å². The first-order chi connectivity index (χ1) is 8.78. The second kappa shape index (κ2) is 3.47. The highest BCUT2D eigenvalue weighted by atomic mass is 15.2. The van der Waals surface area contributed by atoms with E-state index >= 15 is 0 Å². The Morgan fingerprint density at radius 1 is 1.11 bits per heavy atom. The Labute approximate surface area is 114 Å². The number of pyridine rings is 1. The molecule has 0 aromatic carbocycles. The van der Waals surface area contributed by atoms with E-state index in [4.69, 9.17) is 4.98 Å². The molecule has 3 heterocycles. The molecule has 0 N–H and O–H groups in total. The molecule has 0 atom stereocenters. The second-order valence-electron chi connectivity index (χ2n) is 6.53. The van der Waals surface area contributed by atoms with Crippen LogP contribution in [0.3, 0.4) is 0 Å². The SMILES string of the molecule is Cc1nc2n(c1C)C(C)(C)C(C)(C)c1ncccc1-2. The first kappa shape index (κ1) is 12.4. The minimum absolute atomic E-state index is 0.0332. The van der Waals surface area contributed by atoms with Gasteiger partial charge in [0.25, 0.3) is 0 Å². The number of hydrogen-bond acceptors (Lipinski definition) is 2. The average molecular weight is 255 g/mol. The Balaban J connectivity index is 2.47. The van der Waals surface area contributed by atoms with E-state index < -0.39 is 0 Å². The van der Waals surface area contributed by atoms with Crippen LogP contribution < -0.4 is 0 Å². The smallest absolute Gasteiger partial charge is 0.142 e. The van der Waals surface area contributed by atoms with Gasteiger partial charge in [0.2, 0.25) is 0 Å². The largest absolute Gasteiger partial charge is 0.322 e. The van der Waals surface area contributed by atoms with Gasteiger partial charge in [-0.25, -0.2) is 4.98 Å². The molecule has 1 aliphatic rings. The lowest BCUT2D eigenvalue weighted by Crippen LogP contribution is -2.49. The number of fused-ring (bicyclic) bond motifs is 3. The average Bonchev–Trinajstić information content (AvgIpc) is 2.65. The Morgan fingerprint density at radius 2 is 1.79 bits per heavy atom. The zero-order chi connectivity index (χ0) is 14.0. The molecule has 19 heavy (non-hydrogen) atoms. The van der Waals surface area contributed by atoms with Crippen LogP contribution in [0.1, 0.15) is 44.8 Å². The molecule has 0 spiro atoms. The summed E-state index contributed by atoms with van der Waals surface area (Å²) in [6, 6.07) is 4.13. The van der Waals surface area contributed by atoms with Crippen molar-refractivity contribution in [1.29, 1.82) is 0 Å². The van der Waals surface area contributed by atoms with Gasteiger partial charge in [-0.15, -0.1) is 0 Å². The zero-order valence-electron chi connectivity index (χ0n) is 12.6. The summed E-state index contributed by atoms with van der Waals surface area (Å²) in [7, 11) is 0. The predicted octanol–water partition coefficient (Wildman–Crippen LogP) is 3.59. The van der Waals surface area contributed by atoms with Crippen molar-refractivity contribution in [2.24, 2.45) is 0 Å². The van der Waals surface area contributed by atoms with Gasteiger partial charge in [0.05, 0.1) is 16.9 Å². The van der Waals surface area contributed by atoms with E-state index in [0.29, 0.717) is 0 Å². The maximum atomic E-state index is 4.78. The standard InChI is InChI=1S/C16H21N3/c1-10-11(2)19-14(18-10)12-8-7-9-17-13(12)15(3,4)16(19,5)6/h7-9H,1-6H3. The zero-order valence-corrected chi connectivity index (χ0v) is 12.6. The molecule has 0 fully saturated rings. The van der Waals surface area contributed by atoms with Crippen LogP contribution in [0.15, 0.2) is 18.3 Å². The van der Waals surface area contributed by atoms with E-state index in [2.05, 4.69) is 57.2 Å². The summed E-state index contributed by atoms with van der Waals surface area (Å²) in [5, 5.41) is 0. The summed E-state index contributed by atoms with van der Waals surface area (Å²) in [6.45, 7) is 13.3. The van der Waals surface area contributed by atoms with Crippen LogP contribution in [0, 0.1) is 13.8 Å². The molecular weight excluding hydrogens is 234 g/mol. The number of imidazole rings is 1. The number of aromatic nitrogens is 3. The van der Waals surface area contributed by atoms with Crippen LogP contribution in [0.5, 0.6) is 0 Å². The molecule has 3 heteroatoms. The van der Waals surface area contributed by atoms with Crippen molar-refractivity contribution >= 4 is 0 Å². The third kappa shape index (κ3) is 1.33. The molecule has 0 saturated carbocycles.